The van der Waals surface area contributed by atoms with Crippen LogP contribution in [0.4, 0.5) is 11.4 Å². The third kappa shape index (κ3) is 3.95. The molecule has 1 aromatic rings. The summed E-state index contributed by atoms with van der Waals surface area (Å²) in [5, 5.41) is 3.32. The SMILES string of the molecule is CCCC(C)Nc1cc(C(=O)OCC)ccc1N. The Kier molecular flexibility index (Phi) is 5.49. The van der Waals surface area contributed by atoms with Crippen LogP contribution in [-0.4, -0.2) is 18.6 Å². The zero-order valence-corrected chi connectivity index (χ0v) is 11.3. The topological polar surface area (TPSA) is 64.3 Å². The third-order valence-electron chi connectivity index (χ3n) is 2.69. The maximum Gasteiger partial charge on any atom is 0.338 e. The van der Waals surface area contributed by atoms with Crippen LogP contribution in [0, 0.1) is 0 Å². The molecule has 0 radical (unpaired) electrons. The van der Waals surface area contributed by atoms with E-state index >= 15 is 0 Å². The summed E-state index contributed by atoms with van der Waals surface area (Å²) in [4.78, 5) is 11.6. The first-order valence-electron chi connectivity index (χ1n) is 6.41. The van der Waals surface area contributed by atoms with Crippen molar-refractivity contribution in [3.63, 3.8) is 0 Å². The van der Waals surface area contributed by atoms with Crippen LogP contribution in [0.5, 0.6) is 0 Å². The van der Waals surface area contributed by atoms with Crippen LogP contribution in [-0.2, 0) is 4.74 Å². The smallest absolute Gasteiger partial charge is 0.338 e. The van der Waals surface area contributed by atoms with Crippen molar-refractivity contribution in [1.29, 1.82) is 0 Å². The van der Waals surface area contributed by atoms with Crippen molar-refractivity contribution in [2.45, 2.75) is 39.7 Å². The second kappa shape index (κ2) is 6.89. The van der Waals surface area contributed by atoms with E-state index < -0.39 is 0 Å². The molecule has 1 unspecified atom stereocenters. The monoisotopic (exact) mass is 250 g/mol. The second-order valence-corrected chi connectivity index (χ2v) is 4.36. The van der Waals surface area contributed by atoms with Crippen molar-refractivity contribution in [2.24, 2.45) is 0 Å². The quantitative estimate of drug-likeness (QED) is 0.601. The fraction of sp³-hybridized carbons (Fsp3) is 0.500. The average molecular weight is 250 g/mol. The van der Waals surface area contributed by atoms with Crippen LogP contribution >= 0.6 is 0 Å². The number of nitrogens with two attached hydrogens (primary N) is 1. The van der Waals surface area contributed by atoms with Crippen molar-refractivity contribution >= 4 is 17.3 Å². The molecule has 0 saturated heterocycles. The molecular formula is C14H22N2O2. The van der Waals surface area contributed by atoms with Crippen LogP contribution in [0.25, 0.3) is 0 Å². The van der Waals surface area contributed by atoms with Gasteiger partial charge in [-0.05, 0) is 38.5 Å². The molecular weight excluding hydrogens is 228 g/mol. The van der Waals surface area contributed by atoms with E-state index in [0.717, 1.165) is 18.5 Å². The lowest BCUT2D eigenvalue weighted by molar-refractivity contribution is 0.0526. The first-order chi connectivity index (χ1) is 8.58. The summed E-state index contributed by atoms with van der Waals surface area (Å²) < 4.78 is 4.97. The molecule has 0 spiro atoms. The van der Waals surface area contributed by atoms with Gasteiger partial charge in [0.15, 0.2) is 0 Å². The van der Waals surface area contributed by atoms with Crippen LogP contribution in [0.15, 0.2) is 18.2 Å². The molecule has 0 aromatic heterocycles. The number of hydrogen-bond acceptors (Lipinski definition) is 4. The predicted octanol–water partition coefficient (Wildman–Crippen LogP) is 3.05. The Morgan fingerprint density at radius 2 is 2.17 bits per heavy atom. The van der Waals surface area contributed by atoms with Crippen molar-refractivity contribution in [3.05, 3.63) is 23.8 Å². The van der Waals surface area contributed by atoms with Gasteiger partial charge in [0.2, 0.25) is 0 Å². The Bertz CT molecular complexity index is 405. The summed E-state index contributed by atoms with van der Waals surface area (Å²) >= 11 is 0. The lowest BCUT2D eigenvalue weighted by atomic mass is 10.1. The number of carbonyl (C=O) groups is 1. The third-order valence-corrected chi connectivity index (χ3v) is 2.69. The van der Waals surface area contributed by atoms with Crippen LogP contribution in [0.2, 0.25) is 0 Å². The standard InChI is InChI=1S/C14H22N2O2/c1-4-6-10(3)16-13-9-11(7-8-12(13)15)14(17)18-5-2/h7-10,16H,4-6,15H2,1-3H3. The molecule has 0 aliphatic heterocycles. The maximum absolute atomic E-state index is 11.6. The highest BCUT2D eigenvalue weighted by Crippen LogP contribution is 2.22. The molecule has 0 saturated carbocycles. The number of nitrogen functional groups attached to an aromatic ring is 1. The molecule has 0 aliphatic carbocycles. The Balaban J connectivity index is 2.84. The molecule has 0 heterocycles. The number of carbonyl (C=O) groups excluding carboxylic acids is 1. The van der Waals surface area contributed by atoms with E-state index in [2.05, 4.69) is 19.2 Å². The van der Waals surface area contributed by atoms with Crippen LogP contribution in [0.3, 0.4) is 0 Å². The summed E-state index contributed by atoms with van der Waals surface area (Å²) in [6, 6.07) is 5.49. The van der Waals surface area contributed by atoms with E-state index in [-0.39, 0.29) is 5.97 Å². The number of rotatable bonds is 6. The minimum absolute atomic E-state index is 0.316. The normalized spacial score (nSPS) is 11.9. The van der Waals surface area contributed by atoms with Gasteiger partial charge in [0.25, 0.3) is 0 Å². The lowest BCUT2D eigenvalue weighted by Crippen LogP contribution is -2.16. The zero-order chi connectivity index (χ0) is 13.5. The number of anilines is 2. The highest BCUT2D eigenvalue weighted by Gasteiger charge is 2.10. The van der Waals surface area contributed by atoms with E-state index in [9.17, 15) is 4.79 Å². The van der Waals surface area contributed by atoms with Crippen molar-refractivity contribution in [3.8, 4) is 0 Å². The largest absolute Gasteiger partial charge is 0.462 e. The van der Waals surface area contributed by atoms with Gasteiger partial charge in [0, 0.05) is 6.04 Å². The maximum atomic E-state index is 11.6. The van der Waals surface area contributed by atoms with E-state index in [1.54, 1.807) is 25.1 Å². The highest BCUT2D eigenvalue weighted by molar-refractivity contribution is 5.92. The van der Waals surface area contributed by atoms with Gasteiger partial charge in [-0.1, -0.05) is 13.3 Å². The first-order valence-corrected chi connectivity index (χ1v) is 6.41. The second-order valence-electron chi connectivity index (χ2n) is 4.36. The number of hydrogen-bond donors (Lipinski definition) is 2. The fourth-order valence-electron chi connectivity index (χ4n) is 1.79. The van der Waals surface area contributed by atoms with Gasteiger partial charge in [-0.25, -0.2) is 4.79 Å². The minimum atomic E-state index is -0.316. The van der Waals surface area contributed by atoms with Crippen LogP contribution < -0.4 is 11.1 Å². The molecule has 1 atom stereocenters. The molecule has 1 aromatic carbocycles. The van der Waals surface area contributed by atoms with Gasteiger partial charge < -0.3 is 15.8 Å². The molecule has 3 N–H and O–H groups in total. The van der Waals surface area contributed by atoms with Crippen molar-refractivity contribution in [1.82, 2.24) is 0 Å². The molecule has 0 fully saturated rings. The minimum Gasteiger partial charge on any atom is -0.462 e. The zero-order valence-electron chi connectivity index (χ0n) is 11.3. The van der Waals surface area contributed by atoms with Crippen molar-refractivity contribution < 1.29 is 9.53 Å². The lowest BCUT2D eigenvalue weighted by Gasteiger charge is -2.16. The van der Waals surface area contributed by atoms with E-state index in [1.165, 1.54) is 0 Å². The van der Waals surface area contributed by atoms with Gasteiger partial charge in [-0.3, -0.25) is 0 Å². The molecule has 1 rings (SSSR count). The summed E-state index contributed by atoms with van der Waals surface area (Å²) in [5.74, 6) is -0.316. The molecule has 4 nitrogen and oxygen atoms in total. The number of ether oxygens (including phenoxy) is 1. The number of esters is 1. The van der Waals surface area contributed by atoms with E-state index in [1.807, 2.05) is 0 Å². The number of benzene rings is 1. The summed E-state index contributed by atoms with van der Waals surface area (Å²) in [6.45, 7) is 6.40. The van der Waals surface area contributed by atoms with Crippen molar-refractivity contribution in [2.75, 3.05) is 17.7 Å². The van der Waals surface area contributed by atoms with Gasteiger partial charge in [0.05, 0.1) is 23.5 Å². The Hall–Kier alpha value is -1.71. The van der Waals surface area contributed by atoms with Gasteiger partial charge in [-0.2, -0.15) is 0 Å². The van der Waals surface area contributed by atoms with E-state index in [4.69, 9.17) is 10.5 Å². The molecule has 0 aliphatic rings. The molecule has 4 heteroatoms. The molecule has 18 heavy (non-hydrogen) atoms. The van der Waals surface area contributed by atoms with Gasteiger partial charge in [-0.15, -0.1) is 0 Å². The Morgan fingerprint density at radius 1 is 1.44 bits per heavy atom. The Labute approximate surface area is 109 Å². The fourth-order valence-corrected chi connectivity index (χ4v) is 1.79. The van der Waals surface area contributed by atoms with E-state index in [0.29, 0.717) is 23.9 Å². The Morgan fingerprint density at radius 3 is 2.78 bits per heavy atom. The molecule has 0 bridgehead atoms. The molecule has 0 amide bonds. The average Bonchev–Trinajstić information content (AvgIpc) is 2.32. The molecule has 100 valence electrons. The van der Waals surface area contributed by atoms with Crippen LogP contribution in [0.1, 0.15) is 44.0 Å². The predicted molar refractivity (Wildman–Crippen MR) is 74.8 cm³/mol. The summed E-state index contributed by atoms with van der Waals surface area (Å²) in [5.41, 5.74) is 7.86. The van der Waals surface area contributed by atoms with Gasteiger partial charge >= 0.3 is 5.97 Å². The first kappa shape index (κ1) is 14.4. The highest BCUT2D eigenvalue weighted by atomic mass is 16.5. The summed E-state index contributed by atoms with van der Waals surface area (Å²) in [7, 11) is 0. The van der Waals surface area contributed by atoms with Gasteiger partial charge in [0.1, 0.15) is 0 Å². The summed E-state index contributed by atoms with van der Waals surface area (Å²) in [6.07, 6.45) is 2.16. The number of nitrogens with one attached hydrogen (secondary N) is 1.